The van der Waals surface area contributed by atoms with Crippen LogP contribution in [-0.4, -0.2) is 25.8 Å². The highest BCUT2D eigenvalue weighted by atomic mass is 16.6. The van der Waals surface area contributed by atoms with E-state index < -0.39 is 4.92 Å². The average Bonchev–Trinajstić information content (AvgIpc) is 3.24. The number of hydrazone groups is 1. The van der Waals surface area contributed by atoms with Gasteiger partial charge in [-0.25, -0.2) is 4.98 Å². The van der Waals surface area contributed by atoms with Gasteiger partial charge in [0, 0.05) is 18.1 Å². The van der Waals surface area contributed by atoms with Crippen LogP contribution in [-0.2, 0) is 6.42 Å². The highest BCUT2D eigenvalue weighted by molar-refractivity contribution is 5.86. The van der Waals surface area contributed by atoms with Crippen LogP contribution in [0.5, 0.6) is 5.75 Å². The van der Waals surface area contributed by atoms with Gasteiger partial charge in [-0.3, -0.25) is 15.5 Å². The van der Waals surface area contributed by atoms with Crippen molar-refractivity contribution in [3.63, 3.8) is 0 Å². The monoisotopic (exact) mass is 457 g/mol. The molecule has 10 nitrogen and oxygen atoms in total. The first-order chi connectivity index (χ1) is 16.4. The van der Waals surface area contributed by atoms with Gasteiger partial charge in [0.15, 0.2) is 5.84 Å². The van der Waals surface area contributed by atoms with Gasteiger partial charge in [-0.2, -0.15) is 5.10 Å². The summed E-state index contributed by atoms with van der Waals surface area (Å²) >= 11 is 0. The maximum Gasteiger partial charge on any atom is 0.271 e. The van der Waals surface area contributed by atoms with Crippen LogP contribution in [0.3, 0.4) is 0 Å². The van der Waals surface area contributed by atoms with E-state index in [0.717, 1.165) is 23.0 Å². The number of nitrogens with one attached hydrogen (secondary N) is 2. The first-order valence-electron chi connectivity index (χ1n) is 10.6. The molecule has 4 rings (SSSR count). The molecule has 3 N–H and O–H groups in total. The minimum absolute atomic E-state index is 0.0943. The minimum atomic E-state index is -0.551. The molecular formula is C24H23N7O3. The average molecular weight is 457 g/mol. The molecule has 0 saturated heterocycles. The summed E-state index contributed by atoms with van der Waals surface area (Å²) in [6.45, 7) is 3.76. The summed E-state index contributed by atoms with van der Waals surface area (Å²) in [6.07, 6.45) is 0.745. The summed E-state index contributed by atoms with van der Waals surface area (Å²) in [4.78, 5) is 18.2. The van der Waals surface area contributed by atoms with Crippen molar-refractivity contribution in [2.45, 2.75) is 20.3 Å². The van der Waals surface area contributed by atoms with Crippen LogP contribution in [0.4, 0.5) is 17.3 Å². The van der Waals surface area contributed by atoms with Crippen LogP contribution in [0.2, 0.25) is 0 Å². The SMILES string of the molecule is CC(C)/C(N=Nc1nc2c(Cc3ccccc3)cccc2[nH]1)=N\Nc1cc([N+](=O)[O-])ccc1O. The molecule has 4 aromatic rings. The van der Waals surface area contributed by atoms with Crippen molar-refractivity contribution in [1.82, 2.24) is 9.97 Å². The molecule has 0 aliphatic carbocycles. The van der Waals surface area contributed by atoms with Crippen molar-refractivity contribution in [3.8, 4) is 5.75 Å². The van der Waals surface area contributed by atoms with Crippen LogP contribution in [0.1, 0.15) is 25.0 Å². The molecule has 0 atom stereocenters. The zero-order valence-electron chi connectivity index (χ0n) is 18.6. The fourth-order valence-electron chi connectivity index (χ4n) is 3.29. The molecule has 1 heterocycles. The van der Waals surface area contributed by atoms with Gasteiger partial charge in [0.25, 0.3) is 5.69 Å². The van der Waals surface area contributed by atoms with Crippen molar-refractivity contribution < 1.29 is 10.0 Å². The number of hydrogen-bond donors (Lipinski definition) is 3. The van der Waals surface area contributed by atoms with Crippen molar-refractivity contribution in [2.24, 2.45) is 21.2 Å². The maximum atomic E-state index is 11.0. The second kappa shape index (κ2) is 9.90. The number of aromatic amines is 1. The van der Waals surface area contributed by atoms with Crippen molar-refractivity contribution in [1.29, 1.82) is 0 Å². The molecule has 10 heteroatoms. The standard InChI is InChI=1S/C24H23N7O3/c1-15(2)23(28-27-20-14-18(31(33)34)11-12-21(20)32)29-30-24-25-19-10-6-9-17(22(19)26-24)13-16-7-4-3-5-8-16/h3-12,14-15,27,32H,13H2,1-2H3,(H,25,26)/b28-23+,30-29?. The van der Waals surface area contributed by atoms with E-state index in [0.29, 0.717) is 11.8 Å². The van der Waals surface area contributed by atoms with E-state index >= 15 is 0 Å². The minimum Gasteiger partial charge on any atom is -0.506 e. The zero-order valence-corrected chi connectivity index (χ0v) is 18.6. The van der Waals surface area contributed by atoms with Crippen molar-refractivity contribution >= 4 is 34.2 Å². The van der Waals surface area contributed by atoms with E-state index in [1.165, 1.54) is 23.8 Å². The number of nitro groups is 1. The van der Waals surface area contributed by atoms with Gasteiger partial charge in [0.1, 0.15) is 11.4 Å². The van der Waals surface area contributed by atoms with Gasteiger partial charge >= 0.3 is 0 Å². The molecule has 3 aromatic carbocycles. The third kappa shape index (κ3) is 5.23. The third-order valence-electron chi connectivity index (χ3n) is 5.07. The third-order valence-corrected chi connectivity index (χ3v) is 5.07. The molecule has 0 spiro atoms. The lowest BCUT2D eigenvalue weighted by Crippen LogP contribution is -2.07. The van der Waals surface area contributed by atoms with Crippen LogP contribution in [0, 0.1) is 16.0 Å². The molecule has 0 bridgehead atoms. The number of imidazole rings is 1. The number of non-ortho nitro benzene ring substituents is 1. The van der Waals surface area contributed by atoms with Gasteiger partial charge in [0.05, 0.1) is 16.0 Å². The largest absolute Gasteiger partial charge is 0.506 e. The fraction of sp³-hybridized carbons (Fsp3) is 0.167. The molecule has 0 aliphatic heterocycles. The number of aromatic hydroxyl groups is 1. The number of rotatable bonds is 7. The molecule has 1 aromatic heterocycles. The summed E-state index contributed by atoms with van der Waals surface area (Å²) in [5.74, 6) is 0.380. The Bertz CT molecular complexity index is 1380. The molecule has 0 saturated carbocycles. The molecule has 0 aliphatic rings. The van der Waals surface area contributed by atoms with Gasteiger partial charge in [-0.05, 0) is 29.7 Å². The number of benzene rings is 3. The predicted octanol–water partition coefficient (Wildman–Crippen LogP) is 5.93. The summed E-state index contributed by atoms with van der Waals surface area (Å²) in [5.41, 5.74) is 6.49. The smallest absolute Gasteiger partial charge is 0.271 e. The number of nitro benzene ring substituents is 1. The van der Waals surface area contributed by atoms with Crippen molar-refractivity contribution in [3.05, 3.63) is 88.0 Å². The van der Waals surface area contributed by atoms with Crippen LogP contribution in [0.25, 0.3) is 11.0 Å². The lowest BCUT2D eigenvalue weighted by molar-refractivity contribution is -0.384. The Morgan fingerprint density at radius 3 is 2.68 bits per heavy atom. The number of fused-ring (bicyclic) bond motifs is 1. The number of aromatic nitrogens is 2. The van der Waals surface area contributed by atoms with Crippen LogP contribution >= 0.6 is 0 Å². The fourth-order valence-corrected chi connectivity index (χ4v) is 3.29. The van der Waals surface area contributed by atoms with Gasteiger partial charge in [-0.1, -0.05) is 56.3 Å². The van der Waals surface area contributed by atoms with E-state index in [-0.39, 0.29) is 23.0 Å². The topological polar surface area (TPSA) is 141 Å². The van der Waals surface area contributed by atoms with Gasteiger partial charge in [0.2, 0.25) is 5.95 Å². The Kier molecular flexibility index (Phi) is 6.58. The van der Waals surface area contributed by atoms with Gasteiger partial charge in [-0.15, -0.1) is 10.2 Å². The Hall–Kier alpha value is -4.60. The first kappa shape index (κ1) is 22.6. The number of phenols is 1. The molecule has 0 unspecified atom stereocenters. The molecule has 0 radical (unpaired) electrons. The summed E-state index contributed by atoms with van der Waals surface area (Å²) in [7, 11) is 0. The number of hydrogen-bond acceptors (Lipinski definition) is 7. The van der Waals surface area contributed by atoms with Crippen LogP contribution in [0.15, 0.2) is 82.1 Å². The number of azo groups is 1. The number of amidine groups is 1. The molecular weight excluding hydrogens is 434 g/mol. The Morgan fingerprint density at radius 2 is 1.94 bits per heavy atom. The lowest BCUT2D eigenvalue weighted by atomic mass is 10.0. The molecule has 172 valence electrons. The number of H-pyrrole nitrogens is 1. The Labute approximate surface area is 195 Å². The number of nitrogens with zero attached hydrogens (tertiary/aromatic N) is 5. The quantitative estimate of drug-likeness (QED) is 0.0787. The molecule has 34 heavy (non-hydrogen) atoms. The number of para-hydroxylation sites is 1. The zero-order chi connectivity index (χ0) is 24.1. The van der Waals surface area contributed by atoms with E-state index in [1.807, 2.05) is 50.2 Å². The lowest BCUT2D eigenvalue weighted by Gasteiger charge is -2.06. The number of anilines is 1. The predicted molar refractivity (Wildman–Crippen MR) is 131 cm³/mol. The molecule has 0 amide bonds. The summed E-state index contributed by atoms with van der Waals surface area (Å²) in [5, 5.41) is 33.5. The van der Waals surface area contributed by atoms with E-state index in [9.17, 15) is 15.2 Å². The summed E-state index contributed by atoms with van der Waals surface area (Å²) in [6, 6.07) is 19.7. The molecule has 0 fully saturated rings. The van der Waals surface area contributed by atoms with Crippen LogP contribution < -0.4 is 5.43 Å². The van der Waals surface area contributed by atoms with Gasteiger partial charge < -0.3 is 10.1 Å². The second-order valence-corrected chi connectivity index (χ2v) is 7.93. The highest BCUT2D eigenvalue weighted by Crippen LogP contribution is 2.28. The highest BCUT2D eigenvalue weighted by Gasteiger charge is 2.12. The Balaban J connectivity index is 1.57. The summed E-state index contributed by atoms with van der Waals surface area (Å²) < 4.78 is 0. The first-order valence-corrected chi connectivity index (χ1v) is 10.6. The Morgan fingerprint density at radius 1 is 1.15 bits per heavy atom. The van der Waals surface area contributed by atoms with E-state index in [4.69, 9.17) is 0 Å². The van der Waals surface area contributed by atoms with Crippen molar-refractivity contribution in [2.75, 3.05) is 5.43 Å². The van der Waals surface area contributed by atoms with E-state index in [1.54, 1.807) is 0 Å². The van der Waals surface area contributed by atoms with E-state index in [2.05, 4.69) is 42.9 Å². The normalized spacial score (nSPS) is 12.0. The maximum absolute atomic E-state index is 11.0. The second-order valence-electron chi connectivity index (χ2n) is 7.93. The number of phenolic OH excluding ortho intramolecular Hbond substituents is 1.